The van der Waals surface area contributed by atoms with Crippen LogP contribution in [-0.2, 0) is 4.79 Å². The molecule has 0 radical (unpaired) electrons. The fraction of sp³-hybridized carbons (Fsp3) is 0.625. The number of hydrogen-bond donors (Lipinski definition) is 0. The van der Waals surface area contributed by atoms with Gasteiger partial charge in [0.05, 0.1) is 0 Å². The fourth-order valence-electron chi connectivity index (χ4n) is 1.34. The molecule has 0 bridgehead atoms. The third-order valence-electron chi connectivity index (χ3n) is 2.38. The Balaban J connectivity index is 3.20. The Kier molecular flexibility index (Phi) is 2.39. The highest BCUT2D eigenvalue weighted by Crippen LogP contribution is 2.41. The third kappa shape index (κ3) is 1.18. The highest BCUT2D eigenvalue weighted by atomic mass is 35.5. The Bertz CT molecular complexity index is 267. The molecule has 3 nitrogen and oxygen atoms in total. The maximum atomic E-state index is 11.7. The maximum Gasteiger partial charge on any atom is 0.264 e. The van der Waals surface area contributed by atoms with E-state index < -0.39 is 11.2 Å². The van der Waals surface area contributed by atoms with Gasteiger partial charge in [0, 0.05) is 11.8 Å². The summed E-state index contributed by atoms with van der Waals surface area (Å²) in [5.41, 5.74) is -1.63. The molecule has 74 valence electrons. The van der Waals surface area contributed by atoms with Gasteiger partial charge in [0.2, 0.25) is 0 Å². The van der Waals surface area contributed by atoms with Crippen LogP contribution in [0.5, 0.6) is 0 Å². The van der Waals surface area contributed by atoms with Crippen molar-refractivity contribution in [2.75, 3.05) is 0 Å². The summed E-state index contributed by atoms with van der Waals surface area (Å²) >= 11 is 11.8. The zero-order valence-electron chi connectivity index (χ0n) is 7.84. The number of rotatable bonds is 1. The van der Waals surface area contributed by atoms with Gasteiger partial charge in [-0.15, -0.1) is 6.58 Å². The van der Waals surface area contributed by atoms with E-state index in [2.05, 4.69) is 6.58 Å². The van der Waals surface area contributed by atoms with Crippen LogP contribution >= 0.6 is 23.6 Å². The molecule has 1 amide bonds. The second-order valence-electron chi connectivity index (χ2n) is 3.71. The van der Waals surface area contributed by atoms with Gasteiger partial charge < -0.3 is 0 Å². The van der Waals surface area contributed by atoms with Gasteiger partial charge in [0.15, 0.2) is 0 Å². The molecular formula is C8H12Cl2N2O. The van der Waals surface area contributed by atoms with Crippen LogP contribution in [0, 0.1) is 0 Å². The smallest absolute Gasteiger partial charge is 0.264 e. The van der Waals surface area contributed by atoms with E-state index in [1.807, 2.05) is 0 Å². The van der Waals surface area contributed by atoms with Crippen LogP contribution in [0.15, 0.2) is 12.7 Å². The molecule has 1 aliphatic heterocycles. The summed E-state index contributed by atoms with van der Waals surface area (Å²) in [4.78, 5) is 11.7. The first-order chi connectivity index (χ1) is 5.78. The number of amides is 1. The molecule has 5 heteroatoms. The van der Waals surface area contributed by atoms with E-state index in [0.29, 0.717) is 0 Å². The number of hydrogen-bond acceptors (Lipinski definition) is 2. The number of carbonyl (C=O) groups is 1. The molecule has 1 unspecified atom stereocenters. The van der Waals surface area contributed by atoms with Crippen molar-refractivity contribution in [2.24, 2.45) is 0 Å². The van der Waals surface area contributed by atoms with E-state index in [4.69, 9.17) is 23.6 Å². The summed E-state index contributed by atoms with van der Waals surface area (Å²) in [5, 5.41) is 0. The molecule has 0 N–H and O–H groups in total. The lowest BCUT2D eigenvalue weighted by molar-refractivity contribution is -0.128. The molecule has 1 heterocycles. The molecule has 0 aliphatic carbocycles. The van der Waals surface area contributed by atoms with E-state index in [0.717, 1.165) is 4.42 Å². The molecule has 1 fully saturated rings. The Labute approximate surface area is 88.1 Å². The molecule has 1 aliphatic rings. The standard InChI is InChI=1S/C8H12Cl2N2O/c1-5-8(4)6(13)11(9)7(2,3)12(8)10/h5H,1H2,2-4H3. The zero-order chi connectivity index (χ0) is 10.4. The van der Waals surface area contributed by atoms with Crippen LogP contribution < -0.4 is 0 Å². The average Bonchev–Trinajstić information content (AvgIpc) is 2.21. The Morgan fingerprint density at radius 2 is 1.85 bits per heavy atom. The molecule has 0 aromatic carbocycles. The van der Waals surface area contributed by atoms with Crippen molar-refractivity contribution in [1.29, 1.82) is 0 Å². The first kappa shape index (κ1) is 10.8. The minimum atomic E-state index is -0.924. The first-order valence-electron chi connectivity index (χ1n) is 3.88. The van der Waals surface area contributed by atoms with Gasteiger partial charge in [0.1, 0.15) is 11.2 Å². The lowest BCUT2D eigenvalue weighted by atomic mass is 10.0. The fourth-order valence-corrected chi connectivity index (χ4v) is 1.85. The van der Waals surface area contributed by atoms with E-state index in [-0.39, 0.29) is 5.91 Å². The first-order valence-corrected chi connectivity index (χ1v) is 4.56. The van der Waals surface area contributed by atoms with Gasteiger partial charge in [-0.1, -0.05) is 6.08 Å². The van der Waals surface area contributed by atoms with Crippen molar-refractivity contribution < 1.29 is 4.79 Å². The molecule has 0 spiro atoms. The van der Waals surface area contributed by atoms with E-state index in [9.17, 15) is 4.79 Å². The monoisotopic (exact) mass is 222 g/mol. The molecular weight excluding hydrogens is 211 g/mol. The molecule has 1 saturated heterocycles. The highest BCUT2D eigenvalue weighted by Gasteiger charge is 2.57. The molecule has 0 aromatic heterocycles. The number of nitrogens with zero attached hydrogens (tertiary/aromatic N) is 2. The topological polar surface area (TPSA) is 23.6 Å². The average molecular weight is 223 g/mol. The van der Waals surface area contributed by atoms with Gasteiger partial charge >= 0.3 is 0 Å². The van der Waals surface area contributed by atoms with Crippen molar-refractivity contribution in [3.63, 3.8) is 0 Å². The van der Waals surface area contributed by atoms with Crippen molar-refractivity contribution in [1.82, 2.24) is 8.84 Å². The van der Waals surface area contributed by atoms with Gasteiger partial charge in [0.25, 0.3) is 5.91 Å². The minimum Gasteiger partial charge on any atom is -0.271 e. The van der Waals surface area contributed by atoms with Gasteiger partial charge in [-0.3, -0.25) is 4.79 Å². The van der Waals surface area contributed by atoms with Crippen LogP contribution in [0.3, 0.4) is 0 Å². The summed E-state index contributed by atoms with van der Waals surface area (Å²) in [6, 6.07) is 0. The van der Waals surface area contributed by atoms with E-state index in [1.165, 1.54) is 10.5 Å². The lowest BCUT2D eigenvalue weighted by Gasteiger charge is -2.31. The van der Waals surface area contributed by atoms with Crippen molar-refractivity contribution in [3.8, 4) is 0 Å². The van der Waals surface area contributed by atoms with E-state index >= 15 is 0 Å². The predicted molar refractivity (Wildman–Crippen MR) is 53.1 cm³/mol. The zero-order valence-corrected chi connectivity index (χ0v) is 9.35. The quantitative estimate of drug-likeness (QED) is 0.502. The second-order valence-corrected chi connectivity index (χ2v) is 4.39. The van der Waals surface area contributed by atoms with Crippen LogP contribution in [-0.4, -0.2) is 25.9 Å². The summed E-state index contributed by atoms with van der Waals surface area (Å²) in [5.74, 6) is -0.260. The predicted octanol–water partition coefficient (Wildman–Crippen LogP) is 2.12. The van der Waals surface area contributed by atoms with E-state index in [1.54, 1.807) is 20.8 Å². The maximum absolute atomic E-state index is 11.7. The summed E-state index contributed by atoms with van der Waals surface area (Å²) in [6.45, 7) is 8.79. The van der Waals surface area contributed by atoms with Gasteiger partial charge in [-0.2, -0.15) is 4.42 Å². The van der Waals surface area contributed by atoms with Gasteiger partial charge in [-0.05, 0) is 32.5 Å². The van der Waals surface area contributed by atoms with Crippen molar-refractivity contribution in [2.45, 2.75) is 32.0 Å². The van der Waals surface area contributed by atoms with Crippen LogP contribution in [0.25, 0.3) is 0 Å². The van der Waals surface area contributed by atoms with Crippen molar-refractivity contribution >= 4 is 29.5 Å². The van der Waals surface area contributed by atoms with Crippen LogP contribution in [0.1, 0.15) is 20.8 Å². The molecule has 0 aromatic rings. The largest absolute Gasteiger partial charge is 0.271 e. The molecule has 13 heavy (non-hydrogen) atoms. The highest BCUT2D eigenvalue weighted by molar-refractivity contribution is 6.27. The Hall–Kier alpha value is -0.250. The van der Waals surface area contributed by atoms with Crippen LogP contribution in [0.2, 0.25) is 0 Å². The molecule has 0 saturated carbocycles. The SMILES string of the molecule is C=CC1(C)C(=O)N(Cl)C(C)(C)N1Cl. The minimum absolute atomic E-state index is 0.260. The number of carbonyl (C=O) groups excluding carboxylic acids is 1. The summed E-state index contributed by atoms with van der Waals surface area (Å²) < 4.78 is 2.48. The summed E-state index contributed by atoms with van der Waals surface area (Å²) in [7, 11) is 0. The second kappa shape index (κ2) is 2.87. The van der Waals surface area contributed by atoms with Crippen molar-refractivity contribution in [3.05, 3.63) is 12.7 Å². The number of halogens is 2. The lowest BCUT2D eigenvalue weighted by Crippen LogP contribution is -2.44. The Morgan fingerprint density at radius 1 is 1.38 bits per heavy atom. The van der Waals surface area contributed by atoms with Gasteiger partial charge in [-0.25, -0.2) is 4.42 Å². The summed E-state index contributed by atoms with van der Waals surface area (Å²) in [6.07, 6.45) is 1.49. The Morgan fingerprint density at radius 3 is 2.00 bits per heavy atom. The molecule has 1 rings (SSSR count). The normalized spacial score (nSPS) is 33.9. The third-order valence-corrected chi connectivity index (χ3v) is 3.71. The molecule has 1 atom stereocenters. The van der Waals surface area contributed by atoms with Crippen LogP contribution in [0.4, 0.5) is 0 Å².